The van der Waals surface area contributed by atoms with Crippen LogP contribution in [-0.2, 0) is 6.54 Å². The van der Waals surface area contributed by atoms with Crippen molar-refractivity contribution in [2.45, 2.75) is 12.6 Å². The second-order valence-electron chi connectivity index (χ2n) is 4.75. The van der Waals surface area contributed by atoms with E-state index in [1.165, 1.54) is 11.1 Å². The first-order valence-corrected chi connectivity index (χ1v) is 7.75. The van der Waals surface area contributed by atoms with Gasteiger partial charge in [-0.25, -0.2) is 4.98 Å². The minimum atomic E-state index is 0.0872. The number of thiazole rings is 1. The zero-order valence-corrected chi connectivity index (χ0v) is 12.4. The van der Waals surface area contributed by atoms with Crippen molar-refractivity contribution in [1.82, 2.24) is 4.98 Å². The Kier molecular flexibility index (Phi) is 4.28. The third-order valence-corrected chi connectivity index (χ3v) is 4.12. The highest BCUT2D eigenvalue weighted by Gasteiger charge is 2.15. The second-order valence-corrected chi connectivity index (χ2v) is 5.60. The van der Waals surface area contributed by atoms with Crippen LogP contribution >= 0.6 is 11.3 Å². The molecular weight excluding hydrogens is 278 g/mol. The maximum atomic E-state index is 5.63. The molecule has 4 heteroatoms. The van der Waals surface area contributed by atoms with Gasteiger partial charge in [-0.1, -0.05) is 60.7 Å². The third-order valence-electron chi connectivity index (χ3n) is 3.29. The van der Waals surface area contributed by atoms with Gasteiger partial charge in [-0.15, -0.1) is 11.3 Å². The van der Waals surface area contributed by atoms with Gasteiger partial charge >= 0.3 is 0 Å². The fourth-order valence-electron chi connectivity index (χ4n) is 2.24. The van der Waals surface area contributed by atoms with Crippen molar-refractivity contribution in [3.8, 4) is 0 Å². The van der Waals surface area contributed by atoms with Gasteiger partial charge in [0.05, 0.1) is 11.7 Å². The van der Waals surface area contributed by atoms with Gasteiger partial charge < -0.3 is 11.1 Å². The van der Waals surface area contributed by atoms with Crippen molar-refractivity contribution < 1.29 is 0 Å². The number of rotatable bonds is 5. The molecule has 3 nitrogen and oxygen atoms in total. The lowest BCUT2D eigenvalue weighted by Crippen LogP contribution is -2.12. The first-order chi connectivity index (χ1) is 10.4. The number of benzene rings is 2. The van der Waals surface area contributed by atoms with Gasteiger partial charge in [0, 0.05) is 11.9 Å². The highest BCUT2D eigenvalue weighted by molar-refractivity contribution is 7.13. The fourth-order valence-corrected chi connectivity index (χ4v) is 2.99. The van der Waals surface area contributed by atoms with Gasteiger partial charge in [0.2, 0.25) is 0 Å². The topological polar surface area (TPSA) is 50.9 Å². The number of nitrogens with one attached hydrogen (secondary N) is 1. The van der Waals surface area contributed by atoms with Gasteiger partial charge in [-0.05, 0) is 11.1 Å². The highest BCUT2D eigenvalue weighted by Crippen LogP contribution is 2.28. The lowest BCUT2D eigenvalue weighted by atomic mass is 9.99. The van der Waals surface area contributed by atoms with Crippen molar-refractivity contribution in [1.29, 1.82) is 0 Å². The Labute approximate surface area is 128 Å². The van der Waals surface area contributed by atoms with E-state index in [9.17, 15) is 0 Å². The van der Waals surface area contributed by atoms with Gasteiger partial charge in [0.1, 0.15) is 0 Å². The van der Waals surface area contributed by atoms with E-state index >= 15 is 0 Å². The minimum absolute atomic E-state index is 0.0872. The van der Waals surface area contributed by atoms with Crippen LogP contribution in [0, 0.1) is 0 Å². The van der Waals surface area contributed by atoms with Crippen molar-refractivity contribution in [3.63, 3.8) is 0 Å². The summed E-state index contributed by atoms with van der Waals surface area (Å²) in [4.78, 5) is 4.50. The molecular formula is C17H17N3S. The Morgan fingerprint density at radius 2 is 1.52 bits per heavy atom. The standard InChI is InChI=1S/C17H17N3S/c18-11-15-12-21-17(19-15)20-16(13-7-3-1-4-8-13)14-9-5-2-6-10-14/h1-10,12,16H,11,18H2,(H,19,20). The van der Waals surface area contributed by atoms with Crippen molar-refractivity contribution in [2.24, 2.45) is 5.73 Å². The summed E-state index contributed by atoms with van der Waals surface area (Å²) < 4.78 is 0. The molecule has 0 bridgehead atoms. The molecule has 3 aromatic rings. The molecule has 0 unspecified atom stereocenters. The molecule has 0 radical (unpaired) electrons. The normalized spacial score (nSPS) is 10.8. The van der Waals surface area contributed by atoms with Gasteiger partial charge in [0.25, 0.3) is 0 Å². The average molecular weight is 295 g/mol. The summed E-state index contributed by atoms with van der Waals surface area (Å²) >= 11 is 1.59. The summed E-state index contributed by atoms with van der Waals surface area (Å²) in [6.07, 6.45) is 0. The predicted octanol–water partition coefficient (Wildman–Crippen LogP) is 3.80. The fraction of sp³-hybridized carbons (Fsp3) is 0.118. The first kappa shape index (κ1) is 13.8. The summed E-state index contributed by atoms with van der Waals surface area (Å²) in [5.74, 6) is 0. The van der Waals surface area contributed by atoms with Crippen LogP contribution in [-0.4, -0.2) is 4.98 Å². The molecule has 0 saturated heterocycles. The van der Waals surface area contributed by atoms with Gasteiger partial charge in [-0.3, -0.25) is 0 Å². The Hall–Kier alpha value is -2.17. The Balaban J connectivity index is 1.93. The van der Waals surface area contributed by atoms with Crippen LogP contribution in [0.4, 0.5) is 5.13 Å². The minimum Gasteiger partial charge on any atom is -0.351 e. The van der Waals surface area contributed by atoms with Crippen molar-refractivity contribution in [3.05, 3.63) is 82.9 Å². The Bertz CT molecular complexity index is 640. The molecule has 1 heterocycles. The largest absolute Gasteiger partial charge is 0.351 e. The summed E-state index contributed by atoms with van der Waals surface area (Å²) in [6.45, 7) is 0.472. The van der Waals surface area contributed by atoms with Gasteiger partial charge in [0.15, 0.2) is 5.13 Å². The zero-order valence-electron chi connectivity index (χ0n) is 11.6. The molecule has 0 aliphatic carbocycles. The summed E-state index contributed by atoms with van der Waals surface area (Å²) in [6, 6.07) is 20.9. The van der Waals surface area contributed by atoms with E-state index in [-0.39, 0.29) is 6.04 Å². The molecule has 0 fully saturated rings. The quantitative estimate of drug-likeness (QED) is 0.752. The van der Waals surface area contributed by atoms with Crippen LogP contribution in [0.15, 0.2) is 66.0 Å². The highest BCUT2D eigenvalue weighted by atomic mass is 32.1. The molecule has 0 aliphatic rings. The predicted molar refractivity (Wildman–Crippen MR) is 88.4 cm³/mol. The van der Waals surface area contributed by atoms with Crippen molar-refractivity contribution >= 4 is 16.5 Å². The van der Waals surface area contributed by atoms with E-state index in [1.54, 1.807) is 11.3 Å². The molecule has 0 atom stereocenters. The van der Waals surface area contributed by atoms with Crippen LogP contribution in [0.3, 0.4) is 0 Å². The maximum absolute atomic E-state index is 5.63. The van der Waals surface area contributed by atoms with E-state index in [0.717, 1.165) is 10.8 Å². The number of nitrogens with two attached hydrogens (primary N) is 1. The first-order valence-electron chi connectivity index (χ1n) is 6.87. The Morgan fingerprint density at radius 1 is 0.952 bits per heavy atom. The lowest BCUT2D eigenvalue weighted by Gasteiger charge is -2.19. The van der Waals surface area contributed by atoms with Crippen LogP contribution in [0.2, 0.25) is 0 Å². The molecule has 3 rings (SSSR count). The molecule has 3 N–H and O–H groups in total. The number of aromatic nitrogens is 1. The summed E-state index contributed by atoms with van der Waals surface area (Å²) in [5, 5.41) is 6.41. The SMILES string of the molecule is NCc1csc(NC(c2ccccc2)c2ccccc2)n1. The number of hydrogen-bond acceptors (Lipinski definition) is 4. The molecule has 2 aromatic carbocycles. The molecule has 0 spiro atoms. The van der Waals surface area contributed by atoms with E-state index in [4.69, 9.17) is 5.73 Å². The smallest absolute Gasteiger partial charge is 0.183 e. The van der Waals surface area contributed by atoms with E-state index in [1.807, 2.05) is 17.5 Å². The number of anilines is 1. The summed E-state index contributed by atoms with van der Waals surface area (Å²) in [5.41, 5.74) is 8.98. The Morgan fingerprint density at radius 3 is 2.00 bits per heavy atom. The van der Waals surface area contributed by atoms with Crippen LogP contribution < -0.4 is 11.1 Å². The third kappa shape index (κ3) is 3.29. The number of nitrogens with zero attached hydrogens (tertiary/aromatic N) is 1. The molecule has 21 heavy (non-hydrogen) atoms. The maximum Gasteiger partial charge on any atom is 0.183 e. The molecule has 0 saturated carbocycles. The van der Waals surface area contributed by atoms with E-state index in [2.05, 4.69) is 58.8 Å². The lowest BCUT2D eigenvalue weighted by molar-refractivity contribution is 0.925. The van der Waals surface area contributed by atoms with Crippen molar-refractivity contribution in [2.75, 3.05) is 5.32 Å². The molecule has 0 aliphatic heterocycles. The summed E-state index contributed by atoms with van der Waals surface area (Å²) in [7, 11) is 0. The molecule has 106 valence electrons. The molecule has 0 amide bonds. The van der Waals surface area contributed by atoms with Gasteiger partial charge in [-0.2, -0.15) is 0 Å². The zero-order chi connectivity index (χ0) is 14.5. The van der Waals surface area contributed by atoms with Crippen LogP contribution in [0.25, 0.3) is 0 Å². The number of hydrogen-bond donors (Lipinski definition) is 2. The van der Waals surface area contributed by atoms with Crippen LogP contribution in [0.1, 0.15) is 22.9 Å². The molecule has 1 aromatic heterocycles. The average Bonchev–Trinajstić information content (AvgIpc) is 3.02. The van der Waals surface area contributed by atoms with Crippen LogP contribution in [0.5, 0.6) is 0 Å². The van der Waals surface area contributed by atoms with E-state index in [0.29, 0.717) is 6.54 Å². The van der Waals surface area contributed by atoms with E-state index < -0.39 is 0 Å². The monoisotopic (exact) mass is 295 g/mol. The second kappa shape index (κ2) is 6.52.